The second kappa shape index (κ2) is 9.41. The number of aromatic nitrogens is 4. The molecule has 0 radical (unpaired) electrons. The van der Waals surface area contributed by atoms with Gasteiger partial charge < -0.3 is 19.2 Å². The van der Waals surface area contributed by atoms with Crippen LogP contribution in [0.1, 0.15) is 16.9 Å². The van der Waals surface area contributed by atoms with Crippen LogP contribution in [0, 0.1) is 0 Å². The van der Waals surface area contributed by atoms with E-state index in [9.17, 15) is 4.79 Å². The number of carbonyl (C=O) groups is 1. The van der Waals surface area contributed by atoms with Crippen LogP contribution in [0.25, 0.3) is 32.6 Å². The van der Waals surface area contributed by atoms with Crippen LogP contribution >= 0.6 is 11.3 Å². The normalized spacial score (nSPS) is 14.1. The molecule has 9 nitrogen and oxygen atoms in total. The minimum atomic E-state index is -0.284. The van der Waals surface area contributed by atoms with Crippen molar-refractivity contribution >= 4 is 33.8 Å². The molecule has 5 aromatic rings. The molecule has 1 aliphatic rings. The number of fused-ring (bicyclic) bond motifs is 1. The van der Waals surface area contributed by atoms with Gasteiger partial charge >= 0.3 is 0 Å². The van der Waals surface area contributed by atoms with Crippen LogP contribution in [0.4, 0.5) is 5.69 Å². The number of aryl methyl sites for hydroxylation is 1. The lowest BCUT2D eigenvalue weighted by Gasteiger charge is -2.09. The van der Waals surface area contributed by atoms with E-state index in [1.165, 1.54) is 11.3 Å². The fraction of sp³-hybridized carbons (Fsp3) is 0.200. The lowest BCUT2D eigenvalue weighted by atomic mass is 10.0. The van der Waals surface area contributed by atoms with Crippen molar-refractivity contribution in [2.75, 3.05) is 18.5 Å². The van der Waals surface area contributed by atoms with Gasteiger partial charge in [0.25, 0.3) is 5.91 Å². The van der Waals surface area contributed by atoms with Gasteiger partial charge in [0.1, 0.15) is 10.7 Å². The first-order valence-electron chi connectivity index (χ1n) is 11.2. The molecule has 1 aliphatic heterocycles. The maximum absolute atomic E-state index is 13.1. The fourth-order valence-electron chi connectivity index (χ4n) is 4.00. The highest BCUT2D eigenvalue weighted by atomic mass is 32.1. The number of pyridine rings is 1. The highest BCUT2D eigenvalue weighted by Crippen LogP contribution is 2.33. The lowest BCUT2D eigenvalue weighted by Crippen LogP contribution is -2.13. The van der Waals surface area contributed by atoms with Crippen molar-refractivity contribution in [2.45, 2.75) is 19.3 Å². The number of benzene rings is 1. The van der Waals surface area contributed by atoms with Crippen molar-refractivity contribution in [3.63, 3.8) is 0 Å². The molecule has 35 heavy (non-hydrogen) atoms. The standard InChI is InChI=1S/C25H21N5O4S/c31-24(22-15-35-25(28-22)16-1-5-26-6-2-16)27-21-11-18-13-30(7-3-23-33-9-10-34-23)29-20(18)12-19(21)17-4-8-32-14-17/h1-2,4-6,8,11-15,23H,3,7,9-10H2,(H,27,31). The first-order chi connectivity index (χ1) is 17.2. The van der Waals surface area contributed by atoms with Gasteiger partial charge in [-0.25, -0.2) is 4.98 Å². The van der Waals surface area contributed by atoms with E-state index in [0.29, 0.717) is 31.1 Å². The Bertz CT molecular complexity index is 1460. The molecule has 4 aromatic heterocycles. The van der Waals surface area contributed by atoms with E-state index in [2.05, 4.69) is 15.3 Å². The van der Waals surface area contributed by atoms with E-state index in [4.69, 9.17) is 19.0 Å². The summed E-state index contributed by atoms with van der Waals surface area (Å²) in [7, 11) is 0. The van der Waals surface area contributed by atoms with Crippen molar-refractivity contribution in [3.8, 4) is 21.7 Å². The highest BCUT2D eigenvalue weighted by Gasteiger charge is 2.18. The largest absolute Gasteiger partial charge is 0.472 e. The fourth-order valence-corrected chi connectivity index (χ4v) is 4.81. The molecule has 5 heterocycles. The van der Waals surface area contributed by atoms with Crippen LogP contribution in [-0.4, -0.2) is 45.2 Å². The van der Waals surface area contributed by atoms with Gasteiger partial charge in [-0.2, -0.15) is 5.10 Å². The van der Waals surface area contributed by atoms with Crippen molar-refractivity contribution in [1.29, 1.82) is 0 Å². The zero-order valence-corrected chi connectivity index (χ0v) is 19.4. The Hall–Kier alpha value is -3.86. The monoisotopic (exact) mass is 487 g/mol. The summed E-state index contributed by atoms with van der Waals surface area (Å²) in [5, 5.41) is 11.2. The SMILES string of the molecule is O=C(Nc1cc2cn(CCC3OCCO3)nc2cc1-c1ccoc1)c1csc(-c2ccncc2)n1. The van der Waals surface area contributed by atoms with Crippen molar-refractivity contribution in [1.82, 2.24) is 19.7 Å². The van der Waals surface area contributed by atoms with Crippen molar-refractivity contribution < 1.29 is 18.7 Å². The van der Waals surface area contributed by atoms with E-state index >= 15 is 0 Å². The smallest absolute Gasteiger partial charge is 0.275 e. The van der Waals surface area contributed by atoms with Gasteiger partial charge in [-0.15, -0.1) is 11.3 Å². The first-order valence-corrected chi connectivity index (χ1v) is 12.1. The summed E-state index contributed by atoms with van der Waals surface area (Å²) < 4.78 is 18.2. The summed E-state index contributed by atoms with van der Waals surface area (Å²) in [5.41, 5.74) is 4.42. The second-order valence-corrected chi connectivity index (χ2v) is 8.91. The Labute approximate surface area is 204 Å². The number of nitrogens with one attached hydrogen (secondary N) is 1. The van der Waals surface area contributed by atoms with Gasteiger partial charge in [0.15, 0.2) is 6.29 Å². The molecule has 1 saturated heterocycles. The molecule has 0 aliphatic carbocycles. The third-order valence-electron chi connectivity index (χ3n) is 5.72. The Balaban J connectivity index is 1.28. The summed E-state index contributed by atoms with van der Waals surface area (Å²) in [5.74, 6) is -0.284. The van der Waals surface area contributed by atoms with Gasteiger partial charge in [-0.3, -0.25) is 14.5 Å². The summed E-state index contributed by atoms with van der Waals surface area (Å²) in [6.45, 7) is 1.93. The molecule has 0 unspecified atom stereocenters. The topological polar surface area (TPSA) is 104 Å². The second-order valence-electron chi connectivity index (χ2n) is 8.05. The van der Waals surface area contributed by atoms with E-state index in [-0.39, 0.29) is 12.2 Å². The Morgan fingerprint density at radius 3 is 2.80 bits per heavy atom. The van der Waals surface area contributed by atoms with Crippen LogP contribution < -0.4 is 5.32 Å². The van der Waals surface area contributed by atoms with E-state index in [0.717, 1.165) is 39.0 Å². The maximum Gasteiger partial charge on any atom is 0.275 e. The zero-order chi connectivity index (χ0) is 23.6. The number of rotatable bonds is 7. The summed E-state index contributed by atoms with van der Waals surface area (Å²) in [6.07, 6.45) is 9.15. The molecule has 0 spiro atoms. The van der Waals surface area contributed by atoms with Crippen LogP contribution in [0.2, 0.25) is 0 Å². The first kappa shape index (κ1) is 21.7. The zero-order valence-electron chi connectivity index (χ0n) is 18.6. The van der Waals surface area contributed by atoms with Crippen molar-refractivity contribution in [3.05, 3.63) is 72.5 Å². The van der Waals surface area contributed by atoms with Crippen LogP contribution in [0.5, 0.6) is 0 Å². The third kappa shape index (κ3) is 4.59. The Kier molecular flexibility index (Phi) is 5.83. The van der Waals surface area contributed by atoms with Gasteiger partial charge in [-0.05, 0) is 30.3 Å². The molecule has 176 valence electrons. The number of hydrogen-bond acceptors (Lipinski definition) is 8. The van der Waals surface area contributed by atoms with E-state index < -0.39 is 0 Å². The number of ether oxygens (including phenoxy) is 2. The number of hydrogen-bond donors (Lipinski definition) is 1. The molecule has 1 N–H and O–H groups in total. The number of nitrogens with zero attached hydrogens (tertiary/aromatic N) is 4. The van der Waals surface area contributed by atoms with Crippen molar-refractivity contribution in [2.24, 2.45) is 0 Å². The maximum atomic E-state index is 13.1. The highest BCUT2D eigenvalue weighted by molar-refractivity contribution is 7.13. The number of amides is 1. The summed E-state index contributed by atoms with van der Waals surface area (Å²) in [6, 6.07) is 9.48. The van der Waals surface area contributed by atoms with Crippen LogP contribution in [0.3, 0.4) is 0 Å². The molecule has 6 rings (SSSR count). The average molecular weight is 488 g/mol. The average Bonchev–Trinajstić information content (AvgIpc) is 3.69. The van der Waals surface area contributed by atoms with E-state index in [1.807, 2.05) is 41.2 Å². The molecular formula is C25H21N5O4S. The predicted molar refractivity (Wildman–Crippen MR) is 131 cm³/mol. The molecule has 1 aromatic carbocycles. The number of furan rings is 1. The summed E-state index contributed by atoms with van der Waals surface area (Å²) >= 11 is 1.42. The molecule has 10 heteroatoms. The number of carbonyl (C=O) groups excluding carboxylic acids is 1. The molecule has 1 amide bonds. The molecular weight excluding hydrogens is 466 g/mol. The molecule has 0 atom stereocenters. The summed E-state index contributed by atoms with van der Waals surface area (Å²) in [4.78, 5) is 21.7. The Morgan fingerprint density at radius 1 is 1.14 bits per heavy atom. The van der Waals surface area contributed by atoms with Gasteiger partial charge in [-0.1, -0.05) is 0 Å². The quantitative estimate of drug-likeness (QED) is 0.351. The Morgan fingerprint density at radius 2 is 2.00 bits per heavy atom. The predicted octanol–water partition coefficient (Wildman–Crippen LogP) is 4.83. The van der Waals surface area contributed by atoms with Gasteiger partial charge in [0.05, 0.1) is 31.3 Å². The molecule has 0 saturated carbocycles. The van der Waals surface area contributed by atoms with Crippen LogP contribution in [-0.2, 0) is 16.0 Å². The minimum Gasteiger partial charge on any atom is -0.472 e. The van der Waals surface area contributed by atoms with Crippen LogP contribution in [0.15, 0.2) is 71.2 Å². The molecule has 0 bridgehead atoms. The minimum absolute atomic E-state index is 0.186. The number of thiazole rings is 1. The lowest BCUT2D eigenvalue weighted by molar-refractivity contribution is -0.0495. The number of anilines is 1. The molecule has 1 fully saturated rings. The van der Waals surface area contributed by atoms with Gasteiger partial charge in [0, 0.05) is 64.7 Å². The third-order valence-corrected chi connectivity index (χ3v) is 6.61. The van der Waals surface area contributed by atoms with Gasteiger partial charge in [0.2, 0.25) is 0 Å². The van der Waals surface area contributed by atoms with E-state index in [1.54, 1.807) is 30.3 Å².